The van der Waals surface area contributed by atoms with E-state index in [0.29, 0.717) is 12.5 Å². The molecule has 1 heterocycles. The van der Waals surface area contributed by atoms with Crippen molar-refractivity contribution in [3.05, 3.63) is 16.1 Å². The Morgan fingerprint density at radius 1 is 1.35 bits per heavy atom. The molecule has 0 amide bonds. The second-order valence-electron chi connectivity index (χ2n) is 6.45. The lowest BCUT2D eigenvalue weighted by Crippen LogP contribution is -2.38. The number of nitrogens with zero attached hydrogens (tertiary/aromatic N) is 2. The highest BCUT2D eigenvalue weighted by atomic mass is 32.1. The first kappa shape index (κ1) is 15.9. The van der Waals surface area contributed by atoms with E-state index in [2.05, 4.69) is 9.88 Å². The third-order valence-corrected chi connectivity index (χ3v) is 5.26. The van der Waals surface area contributed by atoms with Gasteiger partial charge in [-0.25, -0.2) is 4.98 Å². The van der Waals surface area contributed by atoms with E-state index in [1.807, 2.05) is 31.5 Å². The summed E-state index contributed by atoms with van der Waals surface area (Å²) in [5, 5.41) is 20.0. The molecule has 0 unspecified atom stereocenters. The molecule has 2 N–H and O–H groups in total. The fourth-order valence-electron chi connectivity index (χ4n) is 2.88. The van der Waals surface area contributed by atoms with Gasteiger partial charge < -0.3 is 15.1 Å². The monoisotopic (exact) mass is 298 g/mol. The summed E-state index contributed by atoms with van der Waals surface area (Å²) in [4.78, 5) is 8.00. The van der Waals surface area contributed by atoms with E-state index < -0.39 is 5.41 Å². The van der Waals surface area contributed by atoms with Crippen molar-refractivity contribution in [3.63, 3.8) is 0 Å². The van der Waals surface area contributed by atoms with E-state index >= 15 is 0 Å². The van der Waals surface area contributed by atoms with Gasteiger partial charge in [0.2, 0.25) is 0 Å². The molecule has 0 aliphatic heterocycles. The molecule has 1 saturated carbocycles. The Morgan fingerprint density at radius 2 is 2.00 bits per heavy atom. The van der Waals surface area contributed by atoms with Crippen molar-refractivity contribution >= 4 is 11.3 Å². The van der Waals surface area contributed by atoms with Gasteiger partial charge >= 0.3 is 0 Å². The van der Waals surface area contributed by atoms with Crippen molar-refractivity contribution in [2.75, 3.05) is 26.8 Å². The molecule has 0 bridgehead atoms. The van der Waals surface area contributed by atoms with Crippen LogP contribution in [0, 0.1) is 5.41 Å². The van der Waals surface area contributed by atoms with Gasteiger partial charge in [-0.3, -0.25) is 0 Å². The molecule has 1 aliphatic rings. The molecule has 1 aliphatic carbocycles. The summed E-state index contributed by atoms with van der Waals surface area (Å²) in [6, 6.07) is 0. The van der Waals surface area contributed by atoms with E-state index in [1.54, 1.807) is 0 Å². The van der Waals surface area contributed by atoms with Gasteiger partial charge in [-0.15, -0.1) is 11.3 Å². The molecule has 114 valence electrons. The third-order valence-electron chi connectivity index (χ3n) is 4.12. The minimum absolute atomic E-state index is 0.00382. The zero-order valence-electron chi connectivity index (χ0n) is 12.5. The molecule has 0 saturated heterocycles. The lowest BCUT2D eigenvalue weighted by molar-refractivity contribution is 0.0404. The van der Waals surface area contributed by atoms with E-state index in [9.17, 15) is 10.2 Å². The molecule has 4 nitrogen and oxygen atoms in total. The molecule has 20 heavy (non-hydrogen) atoms. The van der Waals surface area contributed by atoms with E-state index in [4.69, 9.17) is 0 Å². The average molecular weight is 298 g/mol. The van der Waals surface area contributed by atoms with Crippen LogP contribution in [-0.2, 0) is 6.54 Å². The van der Waals surface area contributed by atoms with Crippen LogP contribution in [0.5, 0.6) is 0 Å². The van der Waals surface area contributed by atoms with Gasteiger partial charge in [-0.05, 0) is 19.9 Å². The zero-order chi connectivity index (χ0) is 14.6. The third kappa shape index (κ3) is 4.01. The van der Waals surface area contributed by atoms with Crippen LogP contribution in [-0.4, -0.2) is 46.9 Å². The maximum atomic E-state index is 9.35. The van der Waals surface area contributed by atoms with Crippen LogP contribution >= 0.6 is 11.3 Å². The van der Waals surface area contributed by atoms with Gasteiger partial charge in [0.1, 0.15) is 0 Å². The quantitative estimate of drug-likeness (QED) is 0.810. The molecule has 1 aromatic rings. The van der Waals surface area contributed by atoms with Crippen molar-refractivity contribution in [1.29, 1.82) is 0 Å². The van der Waals surface area contributed by atoms with Crippen LogP contribution in [0.15, 0.2) is 6.20 Å². The summed E-state index contributed by atoms with van der Waals surface area (Å²) in [6.45, 7) is 3.42. The van der Waals surface area contributed by atoms with E-state index in [-0.39, 0.29) is 13.2 Å². The van der Waals surface area contributed by atoms with Crippen molar-refractivity contribution in [1.82, 2.24) is 9.88 Å². The lowest BCUT2D eigenvalue weighted by Gasteiger charge is -2.29. The van der Waals surface area contributed by atoms with E-state index in [1.165, 1.54) is 35.6 Å². The number of aliphatic hydroxyl groups excluding tert-OH is 2. The summed E-state index contributed by atoms with van der Waals surface area (Å²) in [5.74, 6) is 0.680. The second-order valence-corrected chi connectivity index (χ2v) is 7.59. The molecule has 0 spiro atoms. The Morgan fingerprint density at radius 3 is 2.60 bits per heavy atom. The standard InChI is InChI=1S/C15H26N2O2S/c1-15(10-18,11-19)9-17(2)8-13-7-16-14(20-13)12-5-3-4-6-12/h7,12,18-19H,3-6,8-11H2,1-2H3. The number of hydrogen-bond donors (Lipinski definition) is 2. The number of hydrogen-bond acceptors (Lipinski definition) is 5. The first-order valence-electron chi connectivity index (χ1n) is 7.41. The molecule has 0 aromatic carbocycles. The summed E-state index contributed by atoms with van der Waals surface area (Å²) >= 11 is 1.82. The Balaban J connectivity index is 1.89. The summed E-state index contributed by atoms with van der Waals surface area (Å²) in [5.41, 5.74) is -0.437. The van der Waals surface area contributed by atoms with Crippen LogP contribution in [0.2, 0.25) is 0 Å². The summed E-state index contributed by atoms with van der Waals surface area (Å²) in [7, 11) is 2.03. The summed E-state index contributed by atoms with van der Waals surface area (Å²) < 4.78 is 0. The Kier molecular flexibility index (Phi) is 5.55. The average Bonchev–Trinajstić information content (AvgIpc) is 3.08. The first-order valence-corrected chi connectivity index (χ1v) is 8.23. The predicted molar refractivity (Wildman–Crippen MR) is 81.9 cm³/mol. The largest absolute Gasteiger partial charge is 0.396 e. The first-order chi connectivity index (χ1) is 9.56. The molecule has 5 heteroatoms. The van der Waals surface area contributed by atoms with Crippen molar-refractivity contribution in [2.24, 2.45) is 5.41 Å². The van der Waals surface area contributed by atoms with Gasteiger partial charge in [-0.2, -0.15) is 0 Å². The maximum Gasteiger partial charge on any atom is 0.0959 e. The van der Waals surface area contributed by atoms with Gasteiger partial charge in [-0.1, -0.05) is 19.8 Å². The topological polar surface area (TPSA) is 56.6 Å². The van der Waals surface area contributed by atoms with Gasteiger partial charge in [0.05, 0.1) is 18.2 Å². The number of aromatic nitrogens is 1. The van der Waals surface area contributed by atoms with Crippen molar-refractivity contribution < 1.29 is 10.2 Å². The Bertz CT molecular complexity index is 412. The van der Waals surface area contributed by atoms with Crippen molar-refractivity contribution in [3.8, 4) is 0 Å². The molecule has 0 radical (unpaired) electrons. The lowest BCUT2D eigenvalue weighted by atomic mass is 9.92. The smallest absolute Gasteiger partial charge is 0.0959 e. The number of thiazole rings is 1. The number of aliphatic hydroxyl groups is 2. The van der Waals surface area contributed by atoms with Crippen LogP contribution in [0.3, 0.4) is 0 Å². The normalized spacial score (nSPS) is 17.2. The maximum absolute atomic E-state index is 9.35. The van der Waals surface area contributed by atoms with Crippen LogP contribution < -0.4 is 0 Å². The Hall–Kier alpha value is -0.490. The van der Waals surface area contributed by atoms with Crippen LogP contribution in [0.1, 0.15) is 48.4 Å². The molecule has 2 rings (SSSR count). The molecule has 1 fully saturated rings. The summed E-state index contributed by atoms with van der Waals surface area (Å²) in [6.07, 6.45) is 7.24. The number of rotatable bonds is 7. The van der Waals surface area contributed by atoms with Crippen LogP contribution in [0.25, 0.3) is 0 Å². The highest BCUT2D eigenvalue weighted by Gasteiger charge is 2.25. The van der Waals surface area contributed by atoms with Gasteiger partial charge in [0.15, 0.2) is 0 Å². The predicted octanol–water partition coefficient (Wildman–Crippen LogP) is 2.22. The molecule has 1 aromatic heterocycles. The fraction of sp³-hybridized carbons (Fsp3) is 0.800. The molecule has 0 atom stereocenters. The second kappa shape index (κ2) is 6.98. The van der Waals surface area contributed by atoms with E-state index in [0.717, 1.165) is 6.54 Å². The fourth-order valence-corrected chi connectivity index (χ4v) is 4.05. The van der Waals surface area contributed by atoms with Crippen molar-refractivity contribution in [2.45, 2.75) is 45.1 Å². The van der Waals surface area contributed by atoms with Crippen LogP contribution in [0.4, 0.5) is 0 Å². The SMILES string of the molecule is CN(Cc1cnc(C2CCCC2)s1)CC(C)(CO)CO. The highest BCUT2D eigenvalue weighted by Crippen LogP contribution is 2.36. The Labute approximate surface area is 125 Å². The minimum atomic E-state index is -0.437. The zero-order valence-corrected chi connectivity index (χ0v) is 13.3. The van der Waals surface area contributed by atoms with Gasteiger partial charge in [0.25, 0.3) is 0 Å². The molecular formula is C15H26N2O2S. The minimum Gasteiger partial charge on any atom is -0.396 e. The molecular weight excluding hydrogens is 272 g/mol. The highest BCUT2D eigenvalue weighted by molar-refractivity contribution is 7.11. The van der Waals surface area contributed by atoms with Gasteiger partial charge in [0, 0.05) is 35.5 Å².